The first-order chi connectivity index (χ1) is 25.7. The summed E-state index contributed by atoms with van der Waals surface area (Å²) >= 11 is 0. The van der Waals surface area contributed by atoms with E-state index in [0.29, 0.717) is 6.42 Å². The van der Waals surface area contributed by atoms with Gasteiger partial charge in [0.05, 0.1) is 18.8 Å². The molecular formula is C48H87NO3. The van der Waals surface area contributed by atoms with Gasteiger partial charge in [-0.3, -0.25) is 4.79 Å². The number of hydrogen-bond donors (Lipinski definition) is 3. The summed E-state index contributed by atoms with van der Waals surface area (Å²) in [6.45, 7) is 4.22. The van der Waals surface area contributed by atoms with Crippen molar-refractivity contribution < 1.29 is 15.0 Å². The Morgan fingerprint density at radius 1 is 0.462 bits per heavy atom. The van der Waals surface area contributed by atoms with Crippen molar-refractivity contribution in [2.45, 2.75) is 231 Å². The lowest BCUT2D eigenvalue weighted by atomic mass is 10.0. The molecule has 3 N–H and O–H groups in total. The number of aliphatic hydroxyl groups is 2. The molecule has 0 saturated heterocycles. The normalized spacial score (nSPS) is 13.5. The average Bonchev–Trinajstić information content (AvgIpc) is 3.15. The third-order valence-electron chi connectivity index (χ3n) is 9.93. The zero-order valence-electron chi connectivity index (χ0n) is 34.6. The minimum atomic E-state index is -0.877. The van der Waals surface area contributed by atoms with E-state index in [1.807, 2.05) is 6.08 Å². The van der Waals surface area contributed by atoms with Gasteiger partial charge in [-0.05, 0) is 70.6 Å². The quantitative estimate of drug-likeness (QED) is 0.0435. The van der Waals surface area contributed by atoms with E-state index in [4.69, 9.17) is 0 Å². The molecule has 2 unspecified atom stereocenters. The minimum absolute atomic E-state index is 0.0947. The topological polar surface area (TPSA) is 69.6 Å². The molecule has 0 fully saturated rings. The number of unbranched alkanes of at least 4 members (excludes halogenated alkanes) is 25. The van der Waals surface area contributed by atoms with Crippen LogP contribution in [-0.4, -0.2) is 34.9 Å². The van der Waals surface area contributed by atoms with Crippen LogP contribution in [0.5, 0.6) is 0 Å². The number of allylic oxidation sites excluding steroid dienone is 9. The van der Waals surface area contributed by atoms with Crippen LogP contribution in [0.25, 0.3) is 0 Å². The highest BCUT2D eigenvalue weighted by atomic mass is 16.3. The predicted molar refractivity (Wildman–Crippen MR) is 230 cm³/mol. The molecule has 0 aliphatic rings. The Morgan fingerprint density at radius 2 is 0.846 bits per heavy atom. The molecule has 1 amide bonds. The number of nitrogens with one attached hydrogen (secondary N) is 1. The lowest BCUT2D eigenvalue weighted by molar-refractivity contribution is -0.123. The van der Waals surface area contributed by atoms with Gasteiger partial charge in [0.1, 0.15) is 0 Å². The van der Waals surface area contributed by atoms with Crippen molar-refractivity contribution in [2.75, 3.05) is 6.61 Å². The van der Waals surface area contributed by atoms with E-state index in [1.54, 1.807) is 6.08 Å². The van der Waals surface area contributed by atoms with Gasteiger partial charge in [-0.1, -0.05) is 203 Å². The first-order valence-electron chi connectivity index (χ1n) is 22.5. The Morgan fingerprint density at radius 3 is 1.31 bits per heavy atom. The third-order valence-corrected chi connectivity index (χ3v) is 9.93. The maximum Gasteiger partial charge on any atom is 0.220 e. The molecule has 0 rings (SSSR count). The molecule has 4 nitrogen and oxygen atoms in total. The van der Waals surface area contributed by atoms with Crippen LogP contribution in [0.1, 0.15) is 219 Å². The number of aliphatic hydroxyl groups excluding tert-OH is 2. The zero-order valence-corrected chi connectivity index (χ0v) is 34.6. The summed E-state index contributed by atoms with van der Waals surface area (Å²) < 4.78 is 0. The Bertz CT molecular complexity index is 873. The summed E-state index contributed by atoms with van der Waals surface area (Å²) in [5.41, 5.74) is 0. The van der Waals surface area contributed by atoms with E-state index >= 15 is 0 Å². The molecule has 52 heavy (non-hydrogen) atoms. The van der Waals surface area contributed by atoms with Gasteiger partial charge in [0, 0.05) is 6.42 Å². The molecule has 0 heterocycles. The summed E-state index contributed by atoms with van der Waals surface area (Å²) in [6, 6.07) is -0.654. The number of hydrogen-bond acceptors (Lipinski definition) is 3. The predicted octanol–water partition coefficient (Wildman–Crippen LogP) is 14.1. The molecule has 0 saturated carbocycles. The van der Waals surface area contributed by atoms with Crippen LogP contribution in [-0.2, 0) is 4.79 Å². The number of carbonyl (C=O) groups excluding carboxylic acids is 1. The van der Waals surface area contributed by atoms with Crippen LogP contribution in [0, 0.1) is 0 Å². The van der Waals surface area contributed by atoms with E-state index in [2.05, 4.69) is 67.8 Å². The number of carbonyl (C=O) groups is 1. The van der Waals surface area contributed by atoms with Gasteiger partial charge in [0.2, 0.25) is 5.91 Å². The van der Waals surface area contributed by atoms with Crippen LogP contribution >= 0.6 is 0 Å². The molecule has 0 aromatic carbocycles. The number of amides is 1. The summed E-state index contributed by atoms with van der Waals surface area (Å²) in [7, 11) is 0. The molecule has 0 aromatic rings. The molecule has 0 aliphatic heterocycles. The first kappa shape index (κ1) is 50.1. The van der Waals surface area contributed by atoms with Crippen molar-refractivity contribution in [1.82, 2.24) is 5.32 Å². The Balaban J connectivity index is 3.62. The maximum atomic E-state index is 12.3. The van der Waals surface area contributed by atoms with Gasteiger partial charge in [0.15, 0.2) is 0 Å². The molecule has 0 aromatic heterocycles. The Kier molecular flexibility index (Phi) is 41.9. The third kappa shape index (κ3) is 39.3. The van der Waals surface area contributed by atoms with Crippen molar-refractivity contribution in [2.24, 2.45) is 0 Å². The summed E-state index contributed by atoms with van der Waals surface area (Å²) in [6.07, 6.45) is 60.6. The largest absolute Gasteiger partial charge is 0.394 e. The van der Waals surface area contributed by atoms with E-state index in [1.165, 1.54) is 141 Å². The van der Waals surface area contributed by atoms with Crippen LogP contribution in [0.2, 0.25) is 0 Å². The van der Waals surface area contributed by atoms with Crippen LogP contribution in [0.3, 0.4) is 0 Å². The van der Waals surface area contributed by atoms with Crippen molar-refractivity contribution in [3.63, 3.8) is 0 Å². The van der Waals surface area contributed by atoms with Crippen molar-refractivity contribution in [1.29, 1.82) is 0 Å². The molecule has 302 valence electrons. The molecule has 0 radical (unpaired) electrons. The standard InChI is InChI=1S/C48H87NO3/c1-3-5-7-9-11-13-15-17-18-19-20-21-22-23-24-25-26-27-28-29-30-32-33-35-37-39-41-43-47(51)46(45-50)49-48(52)44-42-40-38-36-34-31-16-14-12-10-8-6-4-2/h8,10,14,16,28-29,33,35,41,43,46-47,50-51H,3-7,9,11-13,15,17-27,30-32,34,36-40,42,44-45H2,1-2H3,(H,49,52)/b10-8-,16-14-,29-28+,35-33+,43-41+. The SMILES string of the molecule is CCC/C=C\C/C=C\CCCCCCCC(=O)NC(CO)C(O)/C=C/CC/C=C/CC/C=C/CCCCCCCCCCCCCCCCCCC. The van der Waals surface area contributed by atoms with Gasteiger partial charge in [-0.25, -0.2) is 0 Å². The second-order valence-corrected chi connectivity index (χ2v) is 15.1. The highest BCUT2D eigenvalue weighted by Crippen LogP contribution is 2.15. The molecule has 0 bridgehead atoms. The Hall–Kier alpha value is -1.91. The fourth-order valence-electron chi connectivity index (χ4n) is 6.48. The van der Waals surface area contributed by atoms with Gasteiger partial charge < -0.3 is 15.5 Å². The van der Waals surface area contributed by atoms with E-state index < -0.39 is 12.1 Å². The van der Waals surface area contributed by atoms with Crippen LogP contribution in [0.4, 0.5) is 0 Å². The van der Waals surface area contributed by atoms with Crippen LogP contribution < -0.4 is 5.32 Å². The van der Waals surface area contributed by atoms with Crippen molar-refractivity contribution in [3.8, 4) is 0 Å². The van der Waals surface area contributed by atoms with Gasteiger partial charge in [-0.15, -0.1) is 0 Å². The average molecular weight is 726 g/mol. The molecular weight excluding hydrogens is 639 g/mol. The lowest BCUT2D eigenvalue weighted by Gasteiger charge is -2.19. The van der Waals surface area contributed by atoms with Gasteiger partial charge in [-0.2, -0.15) is 0 Å². The monoisotopic (exact) mass is 726 g/mol. The molecule has 4 heteroatoms. The Labute approximate surface area is 324 Å². The van der Waals surface area contributed by atoms with Gasteiger partial charge in [0.25, 0.3) is 0 Å². The minimum Gasteiger partial charge on any atom is -0.394 e. The second kappa shape index (κ2) is 43.5. The molecule has 2 atom stereocenters. The highest BCUT2D eigenvalue weighted by Gasteiger charge is 2.17. The van der Waals surface area contributed by atoms with Crippen molar-refractivity contribution in [3.05, 3.63) is 60.8 Å². The van der Waals surface area contributed by atoms with Crippen LogP contribution in [0.15, 0.2) is 60.8 Å². The first-order valence-corrected chi connectivity index (χ1v) is 22.5. The summed E-state index contributed by atoms with van der Waals surface area (Å²) in [5.74, 6) is -0.0947. The van der Waals surface area contributed by atoms with Gasteiger partial charge >= 0.3 is 0 Å². The second-order valence-electron chi connectivity index (χ2n) is 15.1. The number of rotatable bonds is 40. The fraction of sp³-hybridized carbons (Fsp3) is 0.771. The smallest absolute Gasteiger partial charge is 0.220 e. The van der Waals surface area contributed by atoms with E-state index in [0.717, 1.165) is 57.8 Å². The summed E-state index contributed by atoms with van der Waals surface area (Å²) in [5, 5.41) is 22.9. The highest BCUT2D eigenvalue weighted by molar-refractivity contribution is 5.76. The molecule has 0 spiro atoms. The zero-order chi connectivity index (χ0) is 37.8. The van der Waals surface area contributed by atoms with Crippen molar-refractivity contribution >= 4 is 5.91 Å². The fourth-order valence-corrected chi connectivity index (χ4v) is 6.48. The van der Waals surface area contributed by atoms with E-state index in [-0.39, 0.29) is 12.5 Å². The molecule has 0 aliphatic carbocycles. The maximum absolute atomic E-state index is 12.3. The summed E-state index contributed by atoms with van der Waals surface area (Å²) in [4.78, 5) is 12.3. The van der Waals surface area contributed by atoms with E-state index in [9.17, 15) is 15.0 Å². The lowest BCUT2D eigenvalue weighted by Crippen LogP contribution is -2.45.